The second kappa shape index (κ2) is 7.08. The minimum atomic E-state index is -0.0191. The molecule has 0 N–H and O–H groups in total. The summed E-state index contributed by atoms with van der Waals surface area (Å²) in [6.45, 7) is 3.73. The van der Waals surface area contributed by atoms with E-state index in [0.717, 1.165) is 11.2 Å². The predicted octanol–water partition coefficient (Wildman–Crippen LogP) is 2.65. The first-order chi connectivity index (χ1) is 11.2. The number of imidazole rings is 1. The van der Waals surface area contributed by atoms with E-state index >= 15 is 0 Å². The average molecular weight is 316 g/mol. The van der Waals surface area contributed by atoms with Crippen LogP contribution in [0.4, 0.5) is 0 Å². The second-order valence-corrected chi connectivity index (χ2v) is 6.03. The van der Waals surface area contributed by atoms with E-state index in [-0.39, 0.29) is 5.91 Å². The number of likely N-dealkylation sites (N-methyl/N-ethyl adjacent to an activating group) is 1. The fourth-order valence-corrected chi connectivity index (χ4v) is 3.27. The number of methoxy groups -OCH3 is 1. The Morgan fingerprint density at radius 3 is 2.87 bits per heavy atom. The van der Waals surface area contributed by atoms with Crippen molar-refractivity contribution in [2.45, 2.75) is 38.6 Å². The van der Waals surface area contributed by atoms with E-state index in [9.17, 15) is 4.79 Å². The first-order valence-corrected chi connectivity index (χ1v) is 8.35. The van der Waals surface area contributed by atoms with Gasteiger partial charge < -0.3 is 14.2 Å². The maximum absolute atomic E-state index is 12.6. The summed E-state index contributed by atoms with van der Waals surface area (Å²) in [7, 11) is 1.64. The van der Waals surface area contributed by atoms with E-state index < -0.39 is 0 Å². The van der Waals surface area contributed by atoms with Crippen LogP contribution in [0.1, 0.15) is 49.0 Å². The molecule has 0 atom stereocenters. The molecular formula is C17H24N4O2. The molecule has 0 spiro atoms. The number of aromatic nitrogens is 3. The number of ether oxygens (including phenoxy) is 1. The standard InChI is InChI=1S/C17H24N4O2/c1-3-20(8-9-23-2)17(22)13-10-15-16(18-11-13)21(12-19-15)14-6-4-5-7-14/h10-12,14H,3-9H2,1-2H3. The quantitative estimate of drug-likeness (QED) is 0.822. The van der Waals surface area contributed by atoms with Crippen molar-refractivity contribution in [3.63, 3.8) is 0 Å². The third-order valence-corrected chi connectivity index (χ3v) is 4.61. The highest BCUT2D eigenvalue weighted by molar-refractivity contribution is 5.96. The summed E-state index contributed by atoms with van der Waals surface area (Å²) in [4.78, 5) is 23.3. The SMILES string of the molecule is CCN(CCOC)C(=O)c1cnc2c(c1)ncn2C1CCCC1. The Hall–Kier alpha value is -1.95. The Bertz CT molecular complexity index is 676. The van der Waals surface area contributed by atoms with Gasteiger partial charge in [-0.05, 0) is 25.8 Å². The molecule has 23 heavy (non-hydrogen) atoms. The molecule has 0 saturated heterocycles. The number of amides is 1. The number of rotatable bonds is 6. The zero-order valence-corrected chi connectivity index (χ0v) is 13.9. The second-order valence-electron chi connectivity index (χ2n) is 6.03. The zero-order valence-electron chi connectivity index (χ0n) is 13.9. The highest BCUT2D eigenvalue weighted by Crippen LogP contribution is 2.31. The van der Waals surface area contributed by atoms with Crippen molar-refractivity contribution < 1.29 is 9.53 Å². The molecule has 1 aliphatic rings. The fraction of sp³-hybridized carbons (Fsp3) is 0.588. The summed E-state index contributed by atoms with van der Waals surface area (Å²) >= 11 is 0. The Morgan fingerprint density at radius 1 is 1.39 bits per heavy atom. The first kappa shape index (κ1) is 15.9. The van der Waals surface area contributed by atoms with Gasteiger partial charge in [-0.15, -0.1) is 0 Å². The van der Waals surface area contributed by atoms with Crippen LogP contribution in [0.2, 0.25) is 0 Å². The van der Waals surface area contributed by atoms with Gasteiger partial charge in [-0.25, -0.2) is 9.97 Å². The van der Waals surface area contributed by atoms with Crippen molar-refractivity contribution in [2.24, 2.45) is 0 Å². The van der Waals surface area contributed by atoms with E-state index in [2.05, 4.69) is 14.5 Å². The third-order valence-electron chi connectivity index (χ3n) is 4.61. The van der Waals surface area contributed by atoms with Gasteiger partial charge in [-0.1, -0.05) is 12.8 Å². The molecule has 6 nitrogen and oxygen atoms in total. The summed E-state index contributed by atoms with van der Waals surface area (Å²) < 4.78 is 7.23. The maximum Gasteiger partial charge on any atom is 0.255 e. The van der Waals surface area contributed by atoms with Gasteiger partial charge in [-0.3, -0.25) is 4.79 Å². The van der Waals surface area contributed by atoms with Gasteiger partial charge in [0.25, 0.3) is 5.91 Å². The summed E-state index contributed by atoms with van der Waals surface area (Å²) in [6.07, 6.45) is 8.46. The van der Waals surface area contributed by atoms with Crippen molar-refractivity contribution in [1.29, 1.82) is 0 Å². The van der Waals surface area contributed by atoms with Gasteiger partial charge in [0.05, 0.1) is 18.5 Å². The smallest absolute Gasteiger partial charge is 0.255 e. The van der Waals surface area contributed by atoms with Crippen molar-refractivity contribution in [3.05, 3.63) is 24.2 Å². The van der Waals surface area contributed by atoms with Crippen LogP contribution in [0, 0.1) is 0 Å². The molecule has 0 bridgehead atoms. The minimum absolute atomic E-state index is 0.0191. The third kappa shape index (κ3) is 3.22. The lowest BCUT2D eigenvalue weighted by Gasteiger charge is -2.20. The topological polar surface area (TPSA) is 60.2 Å². The van der Waals surface area contributed by atoms with E-state index in [1.807, 2.05) is 19.3 Å². The molecule has 1 amide bonds. The Kier molecular flexibility index (Phi) is 4.91. The summed E-state index contributed by atoms with van der Waals surface area (Å²) in [5.41, 5.74) is 2.27. The van der Waals surface area contributed by atoms with Crippen molar-refractivity contribution in [2.75, 3.05) is 26.8 Å². The number of hydrogen-bond donors (Lipinski definition) is 0. The number of fused-ring (bicyclic) bond motifs is 1. The van der Waals surface area contributed by atoms with E-state index in [4.69, 9.17) is 4.74 Å². The number of carbonyl (C=O) groups excluding carboxylic acids is 1. The van der Waals surface area contributed by atoms with Crippen molar-refractivity contribution >= 4 is 17.1 Å². The maximum atomic E-state index is 12.6. The lowest BCUT2D eigenvalue weighted by atomic mass is 10.2. The molecule has 124 valence electrons. The highest BCUT2D eigenvalue weighted by atomic mass is 16.5. The van der Waals surface area contributed by atoms with Gasteiger partial charge in [0.15, 0.2) is 5.65 Å². The monoisotopic (exact) mass is 316 g/mol. The molecule has 0 aliphatic heterocycles. The first-order valence-electron chi connectivity index (χ1n) is 8.35. The highest BCUT2D eigenvalue weighted by Gasteiger charge is 2.21. The molecule has 3 rings (SSSR count). The van der Waals surface area contributed by atoms with Crippen LogP contribution in [0.25, 0.3) is 11.2 Å². The Morgan fingerprint density at radius 2 is 2.17 bits per heavy atom. The van der Waals surface area contributed by atoms with Gasteiger partial charge in [0, 0.05) is 32.4 Å². The number of hydrogen-bond acceptors (Lipinski definition) is 4. The van der Waals surface area contributed by atoms with Crippen LogP contribution < -0.4 is 0 Å². The van der Waals surface area contributed by atoms with Crippen LogP contribution in [-0.4, -0.2) is 52.1 Å². The summed E-state index contributed by atoms with van der Waals surface area (Å²) in [5.74, 6) is -0.0191. The number of pyridine rings is 1. The van der Waals surface area contributed by atoms with Crippen molar-refractivity contribution in [1.82, 2.24) is 19.4 Å². The molecule has 2 aromatic heterocycles. The number of nitrogens with zero attached hydrogens (tertiary/aromatic N) is 4. The Balaban J connectivity index is 1.84. The molecular weight excluding hydrogens is 292 g/mol. The Labute approximate surface area is 136 Å². The van der Waals surface area contributed by atoms with Crippen LogP contribution in [0.3, 0.4) is 0 Å². The van der Waals surface area contributed by atoms with Gasteiger partial charge in [0.2, 0.25) is 0 Å². The average Bonchev–Trinajstić information content (AvgIpc) is 3.23. The van der Waals surface area contributed by atoms with Crippen LogP contribution in [0.15, 0.2) is 18.6 Å². The molecule has 2 aromatic rings. The summed E-state index contributed by atoms with van der Waals surface area (Å²) in [5, 5.41) is 0. The molecule has 1 fully saturated rings. The molecule has 2 heterocycles. The lowest BCUT2D eigenvalue weighted by molar-refractivity contribution is 0.0706. The number of carbonyl (C=O) groups is 1. The molecule has 0 aromatic carbocycles. The molecule has 0 unspecified atom stereocenters. The van der Waals surface area contributed by atoms with E-state index in [1.165, 1.54) is 25.7 Å². The van der Waals surface area contributed by atoms with Gasteiger partial charge in [0.1, 0.15) is 5.52 Å². The lowest BCUT2D eigenvalue weighted by Crippen LogP contribution is -2.33. The largest absolute Gasteiger partial charge is 0.383 e. The van der Waals surface area contributed by atoms with Gasteiger partial charge >= 0.3 is 0 Å². The van der Waals surface area contributed by atoms with Gasteiger partial charge in [-0.2, -0.15) is 0 Å². The fourth-order valence-electron chi connectivity index (χ4n) is 3.27. The normalized spacial score (nSPS) is 15.4. The van der Waals surface area contributed by atoms with Crippen LogP contribution in [0.5, 0.6) is 0 Å². The minimum Gasteiger partial charge on any atom is -0.383 e. The predicted molar refractivity (Wildman–Crippen MR) is 88.5 cm³/mol. The molecule has 1 aliphatic carbocycles. The molecule has 6 heteroatoms. The van der Waals surface area contributed by atoms with Crippen LogP contribution in [-0.2, 0) is 4.74 Å². The van der Waals surface area contributed by atoms with Crippen LogP contribution >= 0.6 is 0 Å². The summed E-state index contributed by atoms with van der Waals surface area (Å²) in [6, 6.07) is 2.36. The van der Waals surface area contributed by atoms with E-state index in [0.29, 0.717) is 31.3 Å². The van der Waals surface area contributed by atoms with E-state index in [1.54, 1.807) is 18.2 Å². The zero-order chi connectivity index (χ0) is 16.2. The van der Waals surface area contributed by atoms with Crippen molar-refractivity contribution in [3.8, 4) is 0 Å². The molecule has 0 radical (unpaired) electrons. The molecule has 1 saturated carbocycles.